The molecule has 0 saturated heterocycles. The highest BCUT2D eigenvalue weighted by molar-refractivity contribution is 5.39. The zero-order valence-corrected chi connectivity index (χ0v) is 14.8. The van der Waals surface area contributed by atoms with Gasteiger partial charge in [0, 0.05) is 49.1 Å². The molecule has 1 aromatic carbocycles. The molecular weight excluding hydrogens is 353 g/mol. The van der Waals surface area contributed by atoms with Crippen LogP contribution in [-0.4, -0.2) is 21.3 Å². The first-order valence-electron chi connectivity index (χ1n) is 8.80. The van der Waals surface area contributed by atoms with Gasteiger partial charge < -0.3 is 5.32 Å². The summed E-state index contributed by atoms with van der Waals surface area (Å²) in [7, 11) is 0. The molecule has 3 heterocycles. The third kappa shape index (κ3) is 3.73. The van der Waals surface area contributed by atoms with E-state index in [-0.39, 0.29) is 0 Å². The van der Waals surface area contributed by atoms with Crippen molar-refractivity contribution in [1.29, 1.82) is 0 Å². The van der Waals surface area contributed by atoms with Crippen molar-refractivity contribution in [1.82, 2.24) is 20.1 Å². The highest BCUT2D eigenvalue weighted by atomic mass is 19.4. The number of alkyl halides is 3. The number of hydrogen-bond acceptors (Lipinski definition) is 3. The zero-order chi connectivity index (χ0) is 19.0. The maximum Gasteiger partial charge on any atom is 0.416 e. The molecule has 7 heteroatoms. The summed E-state index contributed by atoms with van der Waals surface area (Å²) in [6.45, 7) is 3.38. The lowest BCUT2D eigenvalue weighted by molar-refractivity contribution is -0.137. The highest BCUT2D eigenvalue weighted by Crippen LogP contribution is 2.31. The molecule has 0 amide bonds. The summed E-state index contributed by atoms with van der Waals surface area (Å²) < 4.78 is 41.1. The van der Waals surface area contributed by atoms with Crippen molar-refractivity contribution in [2.24, 2.45) is 0 Å². The van der Waals surface area contributed by atoms with Gasteiger partial charge in [0.1, 0.15) is 0 Å². The van der Waals surface area contributed by atoms with E-state index >= 15 is 0 Å². The lowest BCUT2D eigenvalue weighted by Crippen LogP contribution is -2.24. The van der Waals surface area contributed by atoms with Gasteiger partial charge in [0.15, 0.2) is 0 Å². The quantitative estimate of drug-likeness (QED) is 0.760. The van der Waals surface area contributed by atoms with Gasteiger partial charge in [-0.3, -0.25) is 4.98 Å². The number of aryl methyl sites for hydroxylation is 1. The van der Waals surface area contributed by atoms with Crippen LogP contribution in [0, 0.1) is 6.92 Å². The molecule has 0 radical (unpaired) electrons. The summed E-state index contributed by atoms with van der Waals surface area (Å²) in [5.74, 6) is 0. The van der Waals surface area contributed by atoms with E-state index in [0.29, 0.717) is 23.2 Å². The minimum absolute atomic E-state index is 0.337. The Morgan fingerprint density at radius 1 is 1.19 bits per heavy atom. The molecule has 4 nitrogen and oxygen atoms in total. The molecule has 27 heavy (non-hydrogen) atoms. The predicted molar refractivity (Wildman–Crippen MR) is 95.8 cm³/mol. The Kier molecular flexibility index (Phi) is 4.47. The lowest BCUT2D eigenvalue weighted by Gasteiger charge is -2.15. The maximum absolute atomic E-state index is 13.1. The Hall–Kier alpha value is -2.67. The first kappa shape index (κ1) is 17.7. The summed E-state index contributed by atoms with van der Waals surface area (Å²) in [6.07, 6.45) is 0.416. The topological polar surface area (TPSA) is 42.7 Å². The van der Waals surface area contributed by atoms with Crippen LogP contribution in [-0.2, 0) is 25.6 Å². The van der Waals surface area contributed by atoms with E-state index in [0.717, 1.165) is 31.3 Å². The number of benzene rings is 1. The van der Waals surface area contributed by atoms with Crippen LogP contribution in [0.15, 0.2) is 42.7 Å². The summed E-state index contributed by atoms with van der Waals surface area (Å²) >= 11 is 0. The molecule has 4 rings (SSSR count). The van der Waals surface area contributed by atoms with Gasteiger partial charge in [-0.15, -0.1) is 0 Å². The number of aromatic nitrogens is 3. The molecular formula is C20H19F3N4. The van der Waals surface area contributed by atoms with E-state index in [4.69, 9.17) is 0 Å². The fourth-order valence-electron chi connectivity index (χ4n) is 3.51. The van der Waals surface area contributed by atoms with E-state index in [9.17, 15) is 13.2 Å². The number of fused-ring (bicyclic) bond motifs is 1. The van der Waals surface area contributed by atoms with Gasteiger partial charge in [0.25, 0.3) is 0 Å². The fraction of sp³-hybridized carbons (Fsp3) is 0.300. The third-order valence-electron chi connectivity index (χ3n) is 4.70. The van der Waals surface area contributed by atoms with E-state index in [2.05, 4.69) is 15.4 Å². The molecule has 0 aliphatic carbocycles. The van der Waals surface area contributed by atoms with Gasteiger partial charge in [-0.05, 0) is 36.8 Å². The molecule has 2 aromatic heterocycles. The van der Waals surface area contributed by atoms with E-state index < -0.39 is 11.7 Å². The summed E-state index contributed by atoms with van der Waals surface area (Å²) in [5.41, 5.74) is 4.50. The van der Waals surface area contributed by atoms with Crippen LogP contribution in [0.5, 0.6) is 0 Å². The minimum Gasteiger partial charge on any atom is -0.312 e. The second-order valence-corrected chi connectivity index (χ2v) is 6.84. The Labute approximate surface area is 155 Å². The average Bonchev–Trinajstić information content (AvgIpc) is 3.05. The van der Waals surface area contributed by atoms with Crippen molar-refractivity contribution in [3.05, 3.63) is 76.4 Å². The van der Waals surface area contributed by atoms with Crippen LogP contribution >= 0.6 is 0 Å². The number of nitrogens with one attached hydrogen (secondary N) is 1. The van der Waals surface area contributed by atoms with Crippen molar-refractivity contribution in [3.63, 3.8) is 0 Å². The first-order chi connectivity index (χ1) is 12.9. The molecule has 0 saturated carbocycles. The molecule has 0 bridgehead atoms. The predicted octanol–water partition coefficient (Wildman–Crippen LogP) is 3.83. The SMILES string of the molecule is Cc1cc(Cc2cc(-n3ncc4c3CCNC4)ccn2)cc(C(F)(F)F)c1. The zero-order valence-electron chi connectivity index (χ0n) is 14.8. The van der Waals surface area contributed by atoms with Gasteiger partial charge in [-0.25, -0.2) is 4.68 Å². The average molecular weight is 372 g/mol. The monoisotopic (exact) mass is 372 g/mol. The van der Waals surface area contributed by atoms with Gasteiger partial charge in [-0.1, -0.05) is 11.6 Å². The van der Waals surface area contributed by atoms with E-state index in [1.165, 1.54) is 17.3 Å². The lowest BCUT2D eigenvalue weighted by atomic mass is 10.0. The van der Waals surface area contributed by atoms with Gasteiger partial charge in [0.2, 0.25) is 0 Å². The summed E-state index contributed by atoms with van der Waals surface area (Å²) in [6, 6.07) is 7.90. The standard InChI is InChI=1S/C20H19F3N4/c1-13-6-14(8-16(7-13)20(21,22)23)9-17-10-18(2-5-25-17)27-19-3-4-24-11-15(19)12-26-27/h2,5-8,10,12,24H,3-4,9,11H2,1H3. The number of hydrogen-bond donors (Lipinski definition) is 1. The molecule has 1 aliphatic heterocycles. The molecule has 0 unspecified atom stereocenters. The Morgan fingerprint density at radius 3 is 2.85 bits per heavy atom. The molecule has 0 fully saturated rings. The summed E-state index contributed by atoms with van der Waals surface area (Å²) in [4.78, 5) is 4.34. The first-order valence-corrected chi connectivity index (χ1v) is 8.80. The molecule has 0 atom stereocenters. The van der Waals surface area contributed by atoms with Gasteiger partial charge in [-0.2, -0.15) is 18.3 Å². The number of rotatable bonds is 3. The van der Waals surface area contributed by atoms with Crippen molar-refractivity contribution in [2.75, 3.05) is 6.54 Å². The highest BCUT2D eigenvalue weighted by Gasteiger charge is 2.30. The van der Waals surface area contributed by atoms with Crippen molar-refractivity contribution >= 4 is 0 Å². The van der Waals surface area contributed by atoms with Crippen LogP contribution in [0.25, 0.3) is 5.69 Å². The number of pyridine rings is 1. The minimum atomic E-state index is -4.35. The van der Waals surface area contributed by atoms with Crippen molar-refractivity contribution < 1.29 is 13.2 Å². The second-order valence-electron chi connectivity index (χ2n) is 6.84. The Morgan fingerprint density at radius 2 is 2.04 bits per heavy atom. The second kappa shape index (κ2) is 6.81. The van der Waals surface area contributed by atoms with Crippen LogP contribution in [0.2, 0.25) is 0 Å². The van der Waals surface area contributed by atoms with Crippen molar-refractivity contribution in [3.8, 4) is 5.69 Å². The number of nitrogens with zero attached hydrogens (tertiary/aromatic N) is 3. The third-order valence-corrected chi connectivity index (χ3v) is 4.70. The molecule has 140 valence electrons. The normalized spacial score (nSPS) is 14.2. The van der Waals surface area contributed by atoms with E-state index in [1.807, 2.05) is 23.0 Å². The Balaban J connectivity index is 1.64. The van der Waals surface area contributed by atoms with E-state index in [1.54, 1.807) is 19.2 Å². The van der Waals surface area contributed by atoms with Gasteiger partial charge >= 0.3 is 6.18 Å². The largest absolute Gasteiger partial charge is 0.416 e. The summed E-state index contributed by atoms with van der Waals surface area (Å²) in [5, 5.41) is 7.79. The van der Waals surface area contributed by atoms with Crippen LogP contribution in [0.3, 0.4) is 0 Å². The fourth-order valence-corrected chi connectivity index (χ4v) is 3.51. The van der Waals surface area contributed by atoms with Crippen LogP contribution < -0.4 is 5.32 Å². The molecule has 1 N–H and O–H groups in total. The molecule has 0 spiro atoms. The smallest absolute Gasteiger partial charge is 0.312 e. The molecule has 1 aliphatic rings. The maximum atomic E-state index is 13.1. The van der Waals surface area contributed by atoms with Crippen LogP contribution in [0.4, 0.5) is 13.2 Å². The van der Waals surface area contributed by atoms with Crippen LogP contribution in [0.1, 0.15) is 33.6 Å². The van der Waals surface area contributed by atoms with Gasteiger partial charge in [0.05, 0.1) is 17.4 Å². The van der Waals surface area contributed by atoms with Crippen molar-refractivity contribution in [2.45, 2.75) is 32.5 Å². The molecule has 3 aromatic rings. The number of halogens is 3. The Bertz CT molecular complexity index is 976.